The molecule has 2 fully saturated rings. The Morgan fingerprint density at radius 2 is 1.94 bits per heavy atom. The Bertz CT molecular complexity index is 848. The Balaban J connectivity index is 1.51. The first-order valence-corrected chi connectivity index (χ1v) is 12.7. The predicted octanol–water partition coefficient (Wildman–Crippen LogP) is 2.69. The summed E-state index contributed by atoms with van der Waals surface area (Å²) in [4.78, 5) is 17.2. The van der Waals surface area contributed by atoms with Crippen molar-refractivity contribution in [2.75, 3.05) is 60.2 Å². The van der Waals surface area contributed by atoms with Gasteiger partial charge in [0.15, 0.2) is 11.5 Å². The van der Waals surface area contributed by atoms with Crippen LogP contribution in [0.25, 0.3) is 0 Å². The molecule has 1 aromatic rings. The molecule has 3 aliphatic rings. The van der Waals surface area contributed by atoms with Crippen LogP contribution in [0.4, 0.5) is 4.79 Å². The fourth-order valence-electron chi connectivity index (χ4n) is 6.01. The van der Waals surface area contributed by atoms with Crippen molar-refractivity contribution >= 4 is 6.09 Å². The van der Waals surface area contributed by atoms with Crippen LogP contribution in [0.5, 0.6) is 11.5 Å². The molecule has 190 valence electrons. The number of benzene rings is 1. The maximum Gasteiger partial charge on any atom is 0.410 e. The number of fused-ring (bicyclic) bond motifs is 3. The van der Waals surface area contributed by atoms with Gasteiger partial charge < -0.3 is 29.5 Å². The smallest absolute Gasteiger partial charge is 0.410 e. The van der Waals surface area contributed by atoms with Crippen LogP contribution >= 0.6 is 0 Å². The third-order valence-corrected chi connectivity index (χ3v) is 7.77. The maximum absolute atomic E-state index is 12.9. The molecule has 0 saturated carbocycles. The molecule has 0 aliphatic carbocycles. The van der Waals surface area contributed by atoms with Gasteiger partial charge in [0.05, 0.1) is 33.5 Å². The molecule has 8 nitrogen and oxygen atoms in total. The molecule has 34 heavy (non-hydrogen) atoms. The van der Waals surface area contributed by atoms with Crippen molar-refractivity contribution in [3.63, 3.8) is 0 Å². The van der Waals surface area contributed by atoms with Gasteiger partial charge in [-0.25, -0.2) is 4.79 Å². The van der Waals surface area contributed by atoms with Gasteiger partial charge in [-0.1, -0.05) is 13.8 Å². The molecule has 0 radical (unpaired) electrons. The summed E-state index contributed by atoms with van der Waals surface area (Å²) in [6.07, 6.45) is 2.78. The zero-order chi connectivity index (χ0) is 24.2. The quantitative estimate of drug-likeness (QED) is 0.627. The van der Waals surface area contributed by atoms with Gasteiger partial charge in [0.2, 0.25) is 0 Å². The molecule has 0 unspecified atom stereocenters. The second-order valence-corrected chi connectivity index (χ2v) is 10.4. The summed E-state index contributed by atoms with van der Waals surface area (Å²) in [5.41, 5.74) is 2.63. The van der Waals surface area contributed by atoms with Gasteiger partial charge in [-0.2, -0.15) is 0 Å². The standard InChI is InChI=1S/C26H41N3O5/c1-17(2)9-19-14-28-7-5-18-11-24(32-3)25(33-4)12-22(18)23(28)10-20(19)16-34-26(31)29-8-6-27-13-21(29)15-30/h11-12,17,19-21,23,27,30H,5-10,13-16H2,1-4H3/t19-,20+,21-,23-/m1/s1. The molecule has 3 aliphatic heterocycles. The second kappa shape index (κ2) is 11.1. The lowest BCUT2D eigenvalue weighted by atomic mass is 9.74. The van der Waals surface area contributed by atoms with Gasteiger partial charge >= 0.3 is 6.09 Å². The normalized spacial score (nSPS) is 27.2. The number of aliphatic hydroxyl groups is 1. The number of hydrogen-bond acceptors (Lipinski definition) is 7. The highest BCUT2D eigenvalue weighted by molar-refractivity contribution is 5.68. The van der Waals surface area contributed by atoms with Crippen LogP contribution in [-0.2, 0) is 11.2 Å². The van der Waals surface area contributed by atoms with Crippen molar-refractivity contribution in [1.29, 1.82) is 0 Å². The molecule has 4 rings (SSSR count). The third-order valence-electron chi connectivity index (χ3n) is 7.77. The highest BCUT2D eigenvalue weighted by Crippen LogP contribution is 2.45. The molecule has 1 aromatic carbocycles. The average molecular weight is 476 g/mol. The molecular formula is C26H41N3O5. The number of nitrogens with one attached hydrogen (secondary N) is 1. The molecular weight excluding hydrogens is 434 g/mol. The zero-order valence-electron chi connectivity index (χ0n) is 21.1. The number of piperidine rings is 1. The lowest BCUT2D eigenvalue weighted by Gasteiger charge is -2.47. The fraction of sp³-hybridized carbons (Fsp3) is 0.731. The van der Waals surface area contributed by atoms with E-state index in [2.05, 4.69) is 36.2 Å². The van der Waals surface area contributed by atoms with Gasteiger partial charge in [0.25, 0.3) is 0 Å². The SMILES string of the molecule is COc1cc2c(cc1OC)[C@H]1C[C@@H](COC(=O)N3CCNC[C@@H]3CO)[C@H](CC(C)C)CN1CC2. The van der Waals surface area contributed by atoms with Gasteiger partial charge in [-0.15, -0.1) is 0 Å². The van der Waals surface area contributed by atoms with Crippen molar-refractivity contribution in [2.45, 2.75) is 45.2 Å². The van der Waals surface area contributed by atoms with Gasteiger partial charge in [0.1, 0.15) is 0 Å². The fourth-order valence-corrected chi connectivity index (χ4v) is 6.01. The van der Waals surface area contributed by atoms with Crippen molar-refractivity contribution in [3.05, 3.63) is 23.3 Å². The highest BCUT2D eigenvalue weighted by Gasteiger charge is 2.40. The molecule has 8 heteroatoms. The number of nitrogens with zero attached hydrogens (tertiary/aromatic N) is 2. The van der Waals surface area contributed by atoms with Crippen LogP contribution in [0, 0.1) is 17.8 Å². The second-order valence-electron chi connectivity index (χ2n) is 10.4. The van der Waals surface area contributed by atoms with Crippen molar-refractivity contribution < 1.29 is 24.1 Å². The van der Waals surface area contributed by atoms with E-state index in [1.807, 2.05) is 0 Å². The van der Waals surface area contributed by atoms with E-state index in [1.54, 1.807) is 19.1 Å². The van der Waals surface area contributed by atoms with E-state index in [1.165, 1.54) is 11.1 Å². The Kier molecular flexibility index (Phi) is 8.22. The first-order chi connectivity index (χ1) is 16.4. The van der Waals surface area contributed by atoms with Crippen LogP contribution in [0.15, 0.2) is 12.1 Å². The molecule has 0 spiro atoms. The Hall–Kier alpha value is -2.03. The Morgan fingerprint density at radius 1 is 1.18 bits per heavy atom. The van der Waals surface area contributed by atoms with E-state index in [0.717, 1.165) is 50.4 Å². The number of aliphatic hydroxyl groups excluding tert-OH is 1. The summed E-state index contributed by atoms with van der Waals surface area (Å²) in [7, 11) is 3.36. The summed E-state index contributed by atoms with van der Waals surface area (Å²) < 4.78 is 17.0. The van der Waals surface area contributed by atoms with Crippen molar-refractivity contribution in [3.8, 4) is 11.5 Å². The summed E-state index contributed by atoms with van der Waals surface area (Å²) in [6.45, 7) is 8.85. The first kappa shape index (κ1) is 25.1. The van der Waals surface area contributed by atoms with Gasteiger partial charge in [-0.05, 0) is 60.3 Å². The number of piperazine rings is 1. The van der Waals surface area contributed by atoms with Crippen LogP contribution in [-0.4, -0.2) is 87.2 Å². The average Bonchev–Trinajstić information content (AvgIpc) is 2.85. The van der Waals surface area contributed by atoms with E-state index in [-0.39, 0.29) is 18.7 Å². The minimum absolute atomic E-state index is 0.0549. The monoisotopic (exact) mass is 475 g/mol. The largest absolute Gasteiger partial charge is 0.493 e. The minimum Gasteiger partial charge on any atom is -0.493 e. The molecule has 0 aromatic heterocycles. The van der Waals surface area contributed by atoms with Gasteiger partial charge in [0, 0.05) is 38.8 Å². The Labute approximate surface area is 203 Å². The van der Waals surface area contributed by atoms with E-state index < -0.39 is 0 Å². The third kappa shape index (κ3) is 5.29. The molecule has 0 bridgehead atoms. The number of rotatable bonds is 7. The number of carbonyl (C=O) groups excluding carboxylic acids is 1. The number of hydrogen-bond donors (Lipinski definition) is 2. The van der Waals surface area contributed by atoms with E-state index in [0.29, 0.717) is 43.5 Å². The lowest BCUT2D eigenvalue weighted by Crippen LogP contribution is -2.55. The number of ether oxygens (including phenoxy) is 3. The topological polar surface area (TPSA) is 83.5 Å². The predicted molar refractivity (Wildman–Crippen MR) is 130 cm³/mol. The van der Waals surface area contributed by atoms with Gasteiger partial charge in [-0.3, -0.25) is 4.90 Å². The zero-order valence-corrected chi connectivity index (χ0v) is 21.1. The van der Waals surface area contributed by atoms with Crippen LogP contribution in [0.1, 0.15) is 43.9 Å². The summed E-state index contributed by atoms with van der Waals surface area (Å²) in [5.74, 6) is 2.92. The van der Waals surface area contributed by atoms with Crippen LogP contribution in [0.3, 0.4) is 0 Å². The summed E-state index contributed by atoms with van der Waals surface area (Å²) >= 11 is 0. The molecule has 1 amide bonds. The summed E-state index contributed by atoms with van der Waals surface area (Å²) in [5, 5.41) is 12.9. The number of carbonyl (C=O) groups is 1. The van der Waals surface area contributed by atoms with E-state index >= 15 is 0 Å². The molecule has 2 N–H and O–H groups in total. The lowest BCUT2D eigenvalue weighted by molar-refractivity contribution is -0.00140. The Morgan fingerprint density at radius 3 is 2.65 bits per heavy atom. The van der Waals surface area contributed by atoms with E-state index in [4.69, 9.17) is 14.2 Å². The first-order valence-electron chi connectivity index (χ1n) is 12.7. The van der Waals surface area contributed by atoms with E-state index in [9.17, 15) is 9.90 Å². The molecule has 3 heterocycles. The van der Waals surface area contributed by atoms with Crippen LogP contribution in [0.2, 0.25) is 0 Å². The minimum atomic E-state index is -0.304. The number of methoxy groups -OCH3 is 2. The summed E-state index contributed by atoms with van der Waals surface area (Å²) in [6, 6.07) is 4.34. The maximum atomic E-state index is 12.9. The molecule has 4 atom stereocenters. The van der Waals surface area contributed by atoms with Crippen molar-refractivity contribution in [2.24, 2.45) is 17.8 Å². The van der Waals surface area contributed by atoms with Crippen molar-refractivity contribution in [1.82, 2.24) is 15.1 Å². The number of amides is 1. The highest BCUT2D eigenvalue weighted by atomic mass is 16.6. The van der Waals surface area contributed by atoms with Crippen LogP contribution < -0.4 is 14.8 Å². The molecule has 2 saturated heterocycles.